The van der Waals surface area contributed by atoms with Gasteiger partial charge >= 0.3 is 5.97 Å². The van der Waals surface area contributed by atoms with Crippen molar-refractivity contribution < 1.29 is 14.3 Å². The second kappa shape index (κ2) is 12.6. The lowest BCUT2D eigenvalue weighted by atomic mass is 9.91. The van der Waals surface area contributed by atoms with Gasteiger partial charge in [0, 0.05) is 18.3 Å². The maximum Gasteiger partial charge on any atom is 0.316 e. The van der Waals surface area contributed by atoms with Crippen LogP contribution in [0.3, 0.4) is 0 Å². The van der Waals surface area contributed by atoms with Crippen LogP contribution in [0.2, 0.25) is 0 Å². The summed E-state index contributed by atoms with van der Waals surface area (Å²) < 4.78 is 10.5. The molecule has 0 atom stereocenters. The monoisotopic (exact) mass is 409 g/mol. The molecular formula is C26H35NO3. The fourth-order valence-corrected chi connectivity index (χ4v) is 2.97. The van der Waals surface area contributed by atoms with Crippen LogP contribution in [-0.4, -0.2) is 19.6 Å². The molecule has 0 saturated carbocycles. The second-order valence-electron chi connectivity index (χ2n) is 8.04. The van der Waals surface area contributed by atoms with Crippen LogP contribution in [0.4, 0.5) is 5.69 Å². The third kappa shape index (κ3) is 8.21. The molecule has 0 aliphatic heterocycles. The molecule has 0 heterocycles. The highest BCUT2D eigenvalue weighted by molar-refractivity contribution is 5.77. The van der Waals surface area contributed by atoms with Gasteiger partial charge in [0.15, 0.2) is 0 Å². The molecule has 0 aromatic heterocycles. The highest BCUT2D eigenvalue weighted by Crippen LogP contribution is 2.27. The van der Waals surface area contributed by atoms with Crippen molar-refractivity contribution in [3.63, 3.8) is 0 Å². The van der Waals surface area contributed by atoms with Crippen LogP contribution >= 0.6 is 0 Å². The average Bonchev–Trinajstić information content (AvgIpc) is 2.75. The number of aryl methyl sites for hydroxylation is 2. The number of anilines is 1. The lowest BCUT2D eigenvalue weighted by Gasteiger charge is -2.19. The van der Waals surface area contributed by atoms with Crippen molar-refractivity contribution in [2.24, 2.45) is 5.41 Å². The van der Waals surface area contributed by atoms with Crippen LogP contribution < -0.4 is 14.8 Å². The molecule has 2 aromatic rings. The van der Waals surface area contributed by atoms with Crippen molar-refractivity contribution in [2.45, 2.75) is 53.4 Å². The minimum Gasteiger partial charge on any atom is -0.497 e. The van der Waals surface area contributed by atoms with E-state index in [0.717, 1.165) is 30.8 Å². The summed E-state index contributed by atoms with van der Waals surface area (Å²) in [6, 6.07) is 13.9. The van der Waals surface area contributed by atoms with Gasteiger partial charge in [-0.3, -0.25) is 4.79 Å². The van der Waals surface area contributed by atoms with Crippen LogP contribution in [0.15, 0.2) is 42.5 Å². The molecule has 1 aliphatic rings. The molecule has 4 nitrogen and oxygen atoms in total. The number of hydrogen-bond acceptors (Lipinski definition) is 4. The highest BCUT2D eigenvalue weighted by Gasteiger charge is 2.24. The third-order valence-corrected chi connectivity index (χ3v) is 4.59. The first-order valence-corrected chi connectivity index (χ1v) is 10.4. The third-order valence-electron chi connectivity index (χ3n) is 4.59. The molecule has 1 N–H and O–H groups in total. The number of ether oxygens (including phenoxy) is 2. The van der Waals surface area contributed by atoms with Crippen molar-refractivity contribution in [3.8, 4) is 24.3 Å². The number of carbonyl (C=O) groups excluding carboxylic acids is 1. The van der Waals surface area contributed by atoms with Gasteiger partial charge in [-0.15, -0.1) is 12.8 Å². The Bertz CT molecular complexity index is 819. The van der Waals surface area contributed by atoms with Crippen molar-refractivity contribution in [1.82, 2.24) is 0 Å². The first kappa shape index (κ1) is 25.1. The van der Waals surface area contributed by atoms with Crippen molar-refractivity contribution >= 4 is 11.7 Å². The van der Waals surface area contributed by atoms with Crippen molar-refractivity contribution in [1.29, 1.82) is 0 Å². The molecule has 4 heteroatoms. The molecule has 162 valence electrons. The summed E-state index contributed by atoms with van der Waals surface area (Å²) in [5.41, 5.74) is 3.41. The van der Waals surface area contributed by atoms with E-state index in [-0.39, 0.29) is 5.97 Å². The maximum absolute atomic E-state index is 11.8. The van der Waals surface area contributed by atoms with Gasteiger partial charge in [-0.1, -0.05) is 12.1 Å². The van der Waals surface area contributed by atoms with Gasteiger partial charge in [0.05, 0.1) is 12.5 Å². The van der Waals surface area contributed by atoms with Gasteiger partial charge in [0.1, 0.15) is 11.5 Å². The Morgan fingerprint density at radius 3 is 2.27 bits per heavy atom. The average molecular weight is 410 g/mol. The summed E-state index contributed by atoms with van der Waals surface area (Å²) in [5, 5.41) is 3.20. The van der Waals surface area contributed by atoms with Gasteiger partial charge in [-0.25, -0.2) is 0 Å². The zero-order valence-electron chi connectivity index (χ0n) is 19.0. The van der Waals surface area contributed by atoms with Gasteiger partial charge in [0.2, 0.25) is 0 Å². The summed E-state index contributed by atoms with van der Waals surface area (Å²) in [7, 11) is 1.67. The minimum absolute atomic E-state index is 0.173. The van der Waals surface area contributed by atoms with Gasteiger partial charge in [0.25, 0.3) is 0 Å². The first-order chi connectivity index (χ1) is 14.3. The van der Waals surface area contributed by atoms with Crippen LogP contribution in [-0.2, 0) is 17.6 Å². The number of rotatable bonds is 4. The molecule has 0 spiro atoms. The van der Waals surface area contributed by atoms with Crippen molar-refractivity contribution in [2.75, 3.05) is 19.0 Å². The van der Waals surface area contributed by atoms with E-state index in [2.05, 4.69) is 31.2 Å². The number of fused-ring (bicyclic) bond motifs is 1. The predicted octanol–water partition coefficient (Wildman–Crippen LogP) is 5.89. The van der Waals surface area contributed by atoms with E-state index in [4.69, 9.17) is 9.47 Å². The van der Waals surface area contributed by atoms with E-state index >= 15 is 0 Å². The molecule has 0 bridgehead atoms. The lowest BCUT2D eigenvalue weighted by molar-refractivity contribution is -0.143. The summed E-state index contributed by atoms with van der Waals surface area (Å²) in [6.07, 6.45) is 12.8. The SMILES string of the molecule is C#C.CC(C)(C)C(=O)Oc1ccc2c(c1)CCCC2.CCNc1cccc(OC)c1. The molecule has 0 unspecified atom stereocenters. The summed E-state index contributed by atoms with van der Waals surface area (Å²) >= 11 is 0. The molecule has 0 saturated heterocycles. The quantitative estimate of drug-likeness (QED) is 0.388. The van der Waals surface area contributed by atoms with E-state index < -0.39 is 5.41 Å². The summed E-state index contributed by atoms with van der Waals surface area (Å²) in [5.74, 6) is 1.40. The van der Waals surface area contributed by atoms with Crippen LogP contribution in [0.25, 0.3) is 0 Å². The Labute approximate surface area is 182 Å². The van der Waals surface area contributed by atoms with Crippen molar-refractivity contribution in [3.05, 3.63) is 53.6 Å². The Kier molecular flexibility index (Phi) is 10.5. The Morgan fingerprint density at radius 2 is 1.67 bits per heavy atom. The topological polar surface area (TPSA) is 47.6 Å². The number of terminal acetylenes is 1. The number of methoxy groups -OCH3 is 1. The number of hydrogen-bond donors (Lipinski definition) is 1. The smallest absolute Gasteiger partial charge is 0.316 e. The molecular weight excluding hydrogens is 374 g/mol. The zero-order valence-corrected chi connectivity index (χ0v) is 19.0. The summed E-state index contributed by atoms with van der Waals surface area (Å²) in [6.45, 7) is 8.61. The van der Waals surface area contributed by atoms with E-state index in [0.29, 0.717) is 5.75 Å². The fourth-order valence-electron chi connectivity index (χ4n) is 2.97. The Morgan fingerprint density at radius 1 is 1.00 bits per heavy atom. The number of esters is 1. The van der Waals surface area contributed by atoms with E-state index in [1.165, 1.54) is 24.0 Å². The standard InChI is InChI=1S/C15H20O2.C9H13NO.C2H2/c1-15(2,3)14(16)17-13-9-8-11-6-4-5-7-12(11)10-13;1-3-10-8-5-4-6-9(7-8)11-2;1-2/h8-10H,4-7H2,1-3H3;4-7,10H,3H2,1-2H3;1-2H. The largest absolute Gasteiger partial charge is 0.497 e. The highest BCUT2D eigenvalue weighted by atomic mass is 16.5. The number of carbonyl (C=O) groups is 1. The van der Waals surface area contributed by atoms with E-state index in [1.54, 1.807) is 7.11 Å². The predicted molar refractivity (Wildman–Crippen MR) is 125 cm³/mol. The molecule has 0 amide bonds. The number of benzene rings is 2. The Hall–Kier alpha value is -2.93. The maximum atomic E-state index is 11.8. The molecule has 0 fully saturated rings. The molecule has 0 radical (unpaired) electrons. The van der Waals surface area contributed by atoms with Crippen LogP contribution in [0.5, 0.6) is 11.5 Å². The molecule has 2 aromatic carbocycles. The molecule has 1 aliphatic carbocycles. The van der Waals surface area contributed by atoms with Crippen LogP contribution in [0, 0.1) is 18.3 Å². The first-order valence-electron chi connectivity index (χ1n) is 10.4. The fraction of sp³-hybridized carbons (Fsp3) is 0.423. The second-order valence-corrected chi connectivity index (χ2v) is 8.04. The number of nitrogens with one attached hydrogen (secondary N) is 1. The normalized spacial score (nSPS) is 12.1. The summed E-state index contributed by atoms with van der Waals surface area (Å²) in [4.78, 5) is 11.8. The Balaban J connectivity index is 0.000000300. The lowest BCUT2D eigenvalue weighted by Crippen LogP contribution is -2.25. The van der Waals surface area contributed by atoms with Gasteiger partial charge in [-0.2, -0.15) is 0 Å². The van der Waals surface area contributed by atoms with Gasteiger partial charge < -0.3 is 14.8 Å². The van der Waals surface area contributed by atoms with Gasteiger partial charge in [-0.05, 0) is 88.8 Å². The molecule has 30 heavy (non-hydrogen) atoms. The molecule has 3 rings (SSSR count). The minimum atomic E-state index is -0.449. The van der Waals surface area contributed by atoms with E-state index in [9.17, 15) is 4.79 Å². The zero-order chi connectivity index (χ0) is 22.6. The van der Waals surface area contributed by atoms with E-state index in [1.807, 2.05) is 57.2 Å². The van der Waals surface area contributed by atoms with Crippen LogP contribution in [0.1, 0.15) is 51.7 Å².